The minimum atomic E-state index is -0.156. The smallest absolute Gasteiger partial charge is 0.320 e. The van der Waals surface area contributed by atoms with Crippen LogP contribution in [0.2, 0.25) is 0 Å². The number of hydrogen-bond acceptors (Lipinski definition) is 4. The number of hydrogen-bond donors (Lipinski definition) is 1. The summed E-state index contributed by atoms with van der Waals surface area (Å²) in [5.41, 5.74) is 0. The van der Waals surface area contributed by atoms with Crippen LogP contribution in [-0.2, 0) is 14.3 Å². The number of carbonyl (C=O) groups is 1. The first-order valence-corrected chi connectivity index (χ1v) is 6.53. The van der Waals surface area contributed by atoms with E-state index in [-0.39, 0.29) is 24.3 Å². The van der Waals surface area contributed by atoms with Crippen molar-refractivity contribution in [2.75, 3.05) is 13.1 Å². The number of esters is 1. The zero-order valence-corrected chi connectivity index (χ0v) is 11.4. The second-order valence-electron chi connectivity index (χ2n) is 5.37. The van der Waals surface area contributed by atoms with Gasteiger partial charge in [0, 0.05) is 12.8 Å². The highest BCUT2D eigenvalue weighted by Crippen LogP contribution is 2.21. The van der Waals surface area contributed by atoms with Crippen molar-refractivity contribution >= 4 is 5.97 Å². The fourth-order valence-corrected chi connectivity index (χ4v) is 2.13. The van der Waals surface area contributed by atoms with Crippen molar-refractivity contribution < 1.29 is 14.3 Å². The van der Waals surface area contributed by atoms with Gasteiger partial charge < -0.3 is 14.8 Å². The van der Waals surface area contributed by atoms with Crippen LogP contribution in [0.5, 0.6) is 0 Å². The monoisotopic (exact) mass is 243 g/mol. The maximum Gasteiger partial charge on any atom is 0.320 e. The van der Waals surface area contributed by atoms with E-state index in [4.69, 9.17) is 9.47 Å². The van der Waals surface area contributed by atoms with Crippen molar-refractivity contribution in [3.63, 3.8) is 0 Å². The third kappa shape index (κ3) is 6.03. The topological polar surface area (TPSA) is 47.6 Å². The summed E-state index contributed by atoms with van der Waals surface area (Å²) in [6.45, 7) is 9.41. The maximum atomic E-state index is 11.6. The van der Waals surface area contributed by atoms with Gasteiger partial charge >= 0.3 is 5.97 Å². The second kappa shape index (κ2) is 6.97. The zero-order valence-electron chi connectivity index (χ0n) is 11.4. The molecule has 1 aliphatic rings. The van der Waals surface area contributed by atoms with E-state index in [1.807, 2.05) is 13.8 Å². The van der Waals surface area contributed by atoms with E-state index >= 15 is 0 Å². The molecule has 4 heteroatoms. The van der Waals surface area contributed by atoms with Gasteiger partial charge in [0.25, 0.3) is 0 Å². The molecule has 17 heavy (non-hydrogen) atoms. The van der Waals surface area contributed by atoms with Crippen molar-refractivity contribution in [2.45, 2.75) is 58.8 Å². The summed E-state index contributed by atoms with van der Waals surface area (Å²) in [6.07, 6.45) is 1.99. The van der Waals surface area contributed by atoms with Gasteiger partial charge in [-0.2, -0.15) is 0 Å². The van der Waals surface area contributed by atoms with Gasteiger partial charge in [0.05, 0.1) is 18.8 Å². The van der Waals surface area contributed by atoms with Crippen LogP contribution in [0.25, 0.3) is 0 Å². The van der Waals surface area contributed by atoms with Crippen molar-refractivity contribution in [1.82, 2.24) is 5.32 Å². The molecule has 0 saturated carbocycles. The number of rotatable bonds is 5. The Morgan fingerprint density at radius 2 is 1.94 bits per heavy atom. The van der Waals surface area contributed by atoms with Gasteiger partial charge in [0.2, 0.25) is 0 Å². The lowest BCUT2D eigenvalue weighted by Gasteiger charge is -2.31. The first kappa shape index (κ1) is 14.5. The molecule has 1 N–H and O–H groups in total. The Labute approximate surface area is 104 Å². The molecule has 0 aliphatic carbocycles. The lowest BCUT2D eigenvalue weighted by Crippen LogP contribution is -2.37. The molecule has 0 aromatic rings. The summed E-state index contributed by atoms with van der Waals surface area (Å²) >= 11 is 0. The quantitative estimate of drug-likeness (QED) is 0.747. The highest BCUT2D eigenvalue weighted by atomic mass is 16.6. The largest absolute Gasteiger partial charge is 0.461 e. The minimum Gasteiger partial charge on any atom is -0.461 e. The molecular weight excluding hydrogens is 218 g/mol. The second-order valence-corrected chi connectivity index (χ2v) is 5.37. The Balaban J connectivity index is 2.21. The van der Waals surface area contributed by atoms with Gasteiger partial charge in [-0.25, -0.2) is 0 Å². The Morgan fingerprint density at radius 1 is 1.35 bits per heavy atom. The van der Waals surface area contributed by atoms with Crippen molar-refractivity contribution in [3.05, 3.63) is 0 Å². The first-order valence-electron chi connectivity index (χ1n) is 6.53. The van der Waals surface area contributed by atoms with Crippen LogP contribution in [0.1, 0.15) is 40.5 Å². The summed E-state index contributed by atoms with van der Waals surface area (Å²) in [6, 6.07) is 0. The van der Waals surface area contributed by atoms with Gasteiger partial charge in [-0.1, -0.05) is 13.8 Å². The first-order chi connectivity index (χ1) is 7.97. The van der Waals surface area contributed by atoms with Crippen LogP contribution < -0.4 is 5.32 Å². The Morgan fingerprint density at radius 3 is 2.47 bits per heavy atom. The number of carbonyl (C=O) groups excluding carboxylic acids is 1. The highest BCUT2D eigenvalue weighted by Gasteiger charge is 2.26. The maximum absolute atomic E-state index is 11.6. The summed E-state index contributed by atoms with van der Waals surface area (Å²) in [7, 11) is 0. The lowest BCUT2D eigenvalue weighted by atomic mass is 10.0. The van der Waals surface area contributed by atoms with Gasteiger partial charge in [-0.3, -0.25) is 4.79 Å². The van der Waals surface area contributed by atoms with Gasteiger partial charge in [0.15, 0.2) is 0 Å². The summed E-state index contributed by atoms with van der Waals surface area (Å²) in [5.74, 6) is 0.392. The fraction of sp³-hybridized carbons (Fsp3) is 0.923. The Bertz CT molecular complexity index is 233. The molecule has 0 aromatic carbocycles. The van der Waals surface area contributed by atoms with Crippen molar-refractivity contribution in [2.24, 2.45) is 5.92 Å². The SMILES string of the molecule is CC(C)CNCC(=O)OC1CC(C)OC(C)C1. The van der Waals surface area contributed by atoms with Crippen molar-refractivity contribution in [3.8, 4) is 0 Å². The standard InChI is InChI=1S/C13H25NO3/c1-9(2)7-14-8-13(15)17-12-5-10(3)16-11(4)6-12/h9-12,14H,5-8H2,1-4H3. The van der Waals surface area contributed by atoms with Gasteiger partial charge in [0.1, 0.15) is 6.10 Å². The normalized spacial score (nSPS) is 29.4. The van der Waals surface area contributed by atoms with Crippen LogP contribution in [0.4, 0.5) is 0 Å². The van der Waals surface area contributed by atoms with E-state index in [9.17, 15) is 4.79 Å². The highest BCUT2D eigenvalue weighted by molar-refractivity contribution is 5.71. The number of nitrogens with one attached hydrogen (secondary N) is 1. The van der Waals surface area contributed by atoms with E-state index in [0.29, 0.717) is 12.5 Å². The van der Waals surface area contributed by atoms with Crippen LogP contribution in [0.3, 0.4) is 0 Å². The van der Waals surface area contributed by atoms with Gasteiger partial charge in [-0.05, 0) is 26.3 Å². The number of ether oxygens (including phenoxy) is 2. The van der Waals surface area contributed by atoms with E-state index in [2.05, 4.69) is 19.2 Å². The molecular formula is C13H25NO3. The van der Waals surface area contributed by atoms with Crippen LogP contribution in [0, 0.1) is 5.92 Å². The Hall–Kier alpha value is -0.610. The molecule has 1 heterocycles. The Kier molecular flexibility index (Phi) is 5.92. The summed E-state index contributed by atoms with van der Waals surface area (Å²) in [4.78, 5) is 11.6. The molecule has 0 bridgehead atoms. The molecule has 1 rings (SSSR count). The van der Waals surface area contributed by atoms with E-state index in [0.717, 1.165) is 19.4 Å². The minimum absolute atomic E-state index is 0.0158. The molecule has 1 saturated heterocycles. The third-order valence-electron chi connectivity index (χ3n) is 2.77. The lowest BCUT2D eigenvalue weighted by molar-refractivity contribution is -0.158. The molecule has 2 atom stereocenters. The van der Waals surface area contributed by atoms with Crippen LogP contribution in [-0.4, -0.2) is 37.4 Å². The molecule has 1 fully saturated rings. The molecule has 2 unspecified atom stereocenters. The molecule has 0 amide bonds. The van der Waals surface area contributed by atoms with E-state index in [1.165, 1.54) is 0 Å². The van der Waals surface area contributed by atoms with Crippen LogP contribution >= 0.6 is 0 Å². The molecule has 0 aromatic heterocycles. The molecule has 0 spiro atoms. The average Bonchev–Trinajstić information content (AvgIpc) is 2.14. The summed E-state index contributed by atoms with van der Waals surface area (Å²) < 4.78 is 11.0. The molecule has 0 radical (unpaired) electrons. The third-order valence-corrected chi connectivity index (χ3v) is 2.77. The van der Waals surface area contributed by atoms with Crippen molar-refractivity contribution in [1.29, 1.82) is 0 Å². The molecule has 100 valence electrons. The molecule has 4 nitrogen and oxygen atoms in total. The van der Waals surface area contributed by atoms with Crippen LogP contribution in [0.15, 0.2) is 0 Å². The van der Waals surface area contributed by atoms with Gasteiger partial charge in [-0.15, -0.1) is 0 Å². The van der Waals surface area contributed by atoms with E-state index in [1.54, 1.807) is 0 Å². The fourth-order valence-electron chi connectivity index (χ4n) is 2.13. The zero-order chi connectivity index (χ0) is 12.8. The summed E-state index contributed by atoms with van der Waals surface area (Å²) in [5, 5.41) is 3.09. The molecule has 1 aliphatic heterocycles. The van der Waals surface area contributed by atoms with E-state index < -0.39 is 0 Å². The predicted octanol–water partition coefficient (Wildman–Crippen LogP) is 1.73. The predicted molar refractivity (Wildman–Crippen MR) is 66.8 cm³/mol. The average molecular weight is 243 g/mol.